The molecule has 0 fully saturated rings. The number of hydrogen-bond acceptors (Lipinski definition) is 6. The molecule has 8 heteroatoms. The van der Waals surface area contributed by atoms with Crippen molar-refractivity contribution in [3.05, 3.63) is 54.4 Å². The second-order valence-corrected chi connectivity index (χ2v) is 6.73. The van der Waals surface area contributed by atoms with Crippen LogP contribution in [0.5, 0.6) is 11.5 Å². The van der Waals surface area contributed by atoms with Crippen LogP contribution in [0.2, 0.25) is 0 Å². The average Bonchev–Trinajstić information content (AvgIpc) is 3.20. The van der Waals surface area contributed by atoms with Crippen molar-refractivity contribution in [3.63, 3.8) is 0 Å². The van der Waals surface area contributed by atoms with Crippen LogP contribution in [0.4, 0.5) is 4.79 Å². The fourth-order valence-corrected chi connectivity index (χ4v) is 2.77. The minimum Gasteiger partial charge on any atom is -0.497 e. The van der Waals surface area contributed by atoms with Gasteiger partial charge in [0.2, 0.25) is 5.89 Å². The van der Waals surface area contributed by atoms with Crippen LogP contribution in [-0.2, 0) is 6.54 Å². The van der Waals surface area contributed by atoms with Crippen molar-refractivity contribution < 1.29 is 18.7 Å². The number of oxazole rings is 1. The number of carbonyl (C=O) groups is 1. The summed E-state index contributed by atoms with van der Waals surface area (Å²) >= 11 is 0. The molecule has 0 radical (unpaired) electrons. The Labute approximate surface area is 175 Å². The lowest BCUT2D eigenvalue weighted by Gasteiger charge is -2.10. The first-order valence-electron chi connectivity index (χ1n) is 9.54. The molecule has 0 saturated carbocycles. The fourth-order valence-electron chi connectivity index (χ4n) is 2.77. The predicted octanol–water partition coefficient (Wildman–Crippen LogP) is 3.13. The number of aromatic nitrogens is 1. The topological polar surface area (TPSA) is 103 Å². The summed E-state index contributed by atoms with van der Waals surface area (Å²) in [6, 6.07) is 14.9. The summed E-state index contributed by atoms with van der Waals surface area (Å²) in [6.07, 6.45) is 0. The molecule has 0 aliphatic rings. The molecule has 30 heavy (non-hydrogen) atoms. The van der Waals surface area contributed by atoms with Gasteiger partial charge in [-0.05, 0) is 48.5 Å². The van der Waals surface area contributed by atoms with Gasteiger partial charge in [0, 0.05) is 31.8 Å². The molecule has 0 unspecified atom stereocenters. The standard InChI is InChI=1S/C22H26N4O4/c1-26(2)22(27)24-14-19-25-20(15-4-8-17(28-3)9-5-15)21(30-19)16-6-10-18(11-7-16)29-13-12-23/h4-11H,12-14,23H2,1-3H3,(H,24,27). The molecule has 8 nitrogen and oxygen atoms in total. The van der Waals surface area contributed by atoms with Crippen molar-refractivity contribution in [1.29, 1.82) is 0 Å². The van der Waals surface area contributed by atoms with Crippen LogP contribution in [0.15, 0.2) is 52.9 Å². The number of rotatable bonds is 8. The first-order chi connectivity index (χ1) is 14.5. The zero-order valence-corrected chi connectivity index (χ0v) is 17.3. The van der Waals surface area contributed by atoms with E-state index < -0.39 is 0 Å². The fraction of sp³-hybridized carbons (Fsp3) is 0.273. The van der Waals surface area contributed by atoms with E-state index in [1.54, 1.807) is 21.2 Å². The van der Waals surface area contributed by atoms with Crippen molar-refractivity contribution in [3.8, 4) is 34.1 Å². The maximum Gasteiger partial charge on any atom is 0.317 e. The lowest BCUT2D eigenvalue weighted by molar-refractivity contribution is 0.216. The molecule has 0 bridgehead atoms. The van der Waals surface area contributed by atoms with E-state index in [1.807, 2.05) is 48.5 Å². The highest BCUT2D eigenvalue weighted by molar-refractivity contribution is 5.77. The van der Waals surface area contributed by atoms with E-state index >= 15 is 0 Å². The molecule has 1 aromatic heterocycles. The second-order valence-electron chi connectivity index (χ2n) is 6.73. The summed E-state index contributed by atoms with van der Waals surface area (Å²) in [5.74, 6) is 2.51. The number of carbonyl (C=O) groups excluding carboxylic acids is 1. The molecule has 2 aromatic carbocycles. The highest BCUT2D eigenvalue weighted by Gasteiger charge is 2.18. The average molecular weight is 410 g/mol. The summed E-state index contributed by atoms with van der Waals surface area (Å²) in [7, 11) is 4.97. The third kappa shape index (κ3) is 5.09. The zero-order valence-electron chi connectivity index (χ0n) is 17.3. The lowest BCUT2D eigenvalue weighted by Crippen LogP contribution is -2.33. The second kappa shape index (κ2) is 9.80. The van der Waals surface area contributed by atoms with E-state index in [2.05, 4.69) is 10.3 Å². The Kier molecular flexibility index (Phi) is 6.92. The molecular formula is C22H26N4O4. The number of nitrogens with two attached hydrogens (primary N) is 1. The zero-order chi connectivity index (χ0) is 21.5. The summed E-state index contributed by atoms with van der Waals surface area (Å²) in [5, 5.41) is 2.77. The number of nitrogens with zero attached hydrogens (tertiary/aromatic N) is 2. The minimum absolute atomic E-state index is 0.178. The van der Waals surface area contributed by atoms with Crippen LogP contribution in [-0.4, -0.2) is 50.3 Å². The van der Waals surface area contributed by atoms with Crippen molar-refractivity contribution in [2.75, 3.05) is 34.4 Å². The number of benzene rings is 2. The SMILES string of the molecule is COc1ccc(-c2nc(CNC(=O)N(C)C)oc2-c2ccc(OCCN)cc2)cc1. The third-order valence-electron chi connectivity index (χ3n) is 4.34. The maximum atomic E-state index is 11.9. The molecule has 0 saturated heterocycles. The number of hydrogen-bond donors (Lipinski definition) is 2. The Morgan fingerprint density at radius 2 is 1.70 bits per heavy atom. The van der Waals surface area contributed by atoms with Crippen LogP contribution < -0.4 is 20.5 Å². The summed E-state index contributed by atoms with van der Waals surface area (Å²) in [5.41, 5.74) is 7.89. The maximum absolute atomic E-state index is 11.9. The van der Waals surface area contributed by atoms with Gasteiger partial charge in [0.25, 0.3) is 0 Å². The lowest BCUT2D eigenvalue weighted by atomic mass is 10.1. The van der Waals surface area contributed by atoms with Crippen molar-refractivity contribution >= 4 is 6.03 Å². The normalized spacial score (nSPS) is 10.5. The molecule has 3 rings (SSSR count). The summed E-state index contributed by atoms with van der Waals surface area (Å²) < 4.78 is 16.8. The molecular weight excluding hydrogens is 384 g/mol. The monoisotopic (exact) mass is 410 g/mol. The predicted molar refractivity (Wildman–Crippen MR) is 114 cm³/mol. The van der Waals surface area contributed by atoms with Crippen molar-refractivity contribution in [2.45, 2.75) is 6.54 Å². The first kappa shape index (κ1) is 21.2. The Balaban J connectivity index is 1.93. The van der Waals surface area contributed by atoms with E-state index in [0.29, 0.717) is 30.5 Å². The Morgan fingerprint density at radius 1 is 1.07 bits per heavy atom. The van der Waals surface area contributed by atoms with E-state index in [9.17, 15) is 4.79 Å². The number of ether oxygens (including phenoxy) is 2. The third-order valence-corrected chi connectivity index (χ3v) is 4.34. The molecule has 2 amide bonds. The van der Waals surface area contributed by atoms with Gasteiger partial charge in [0.15, 0.2) is 5.76 Å². The highest BCUT2D eigenvalue weighted by Crippen LogP contribution is 2.34. The van der Waals surface area contributed by atoms with Crippen molar-refractivity contribution in [1.82, 2.24) is 15.2 Å². The van der Waals surface area contributed by atoms with Gasteiger partial charge >= 0.3 is 6.03 Å². The molecule has 0 atom stereocenters. The van der Waals surface area contributed by atoms with Crippen LogP contribution >= 0.6 is 0 Å². The number of methoxy groups -OCH3 is 1. The molecule has 3 N–H and O–H groups in total. The summed E-state index contributed by atoms with van der Waals surface area (Å²) in [4.78, 5) is 17.9. The van der Waals surface area contributed by atoms with Gasteiger partial charge in [-0.1, -0.05) is 0 Å². The molecule has 158 valence electrons. The summed E-state index contributed by atoms with van der Waals surface area (Å²) in [6.45, 7) is 1.08. The van der Waals surface area contributed by atoms with Crippen molar-refractivity contribution in [2.24, 2.45) is 5.73 Å². The molecule has 0 aliphatic carbocycles. The Morgan fingerprint density at radius 3 is 2.30 bits per heavy atom. The Hall–Kier alpha value is -3.52. The van der Waals surface area contributed by atoms with Gasteiger partial charge in [-0.25, -0.2) is 9.78 Å². The smallest absolute Gasteiger partial charge is 0.317 e. The quantitative estimate of drug-likeness (QED) is 0.591. The van der Waals surface area contributed by atoms with E-state index in [1.165, 1.54) is 4.90 Å². The molecule has 0 aliphatic heterocycles. The minimum atomic E-state index is -0.220. The molecule has 3 aromatic rings. The van der Waals surface area contributed by atoms with Gasteiger partial charge < -0.3 is 29.8 Å². The van der Waals surface area contributed by atoms with Crippen LogP contribution in [0.3, 0.4) is 0 Å². The van der Waals surface area contributed by atoms with E-state index in [-0.39, 0.29) is 12.6 Å². The van der Waals surface area contributed by atoms with E-state index in [4.69, 9.17) is 19.6 Å². The van der Waals surface area contributed by atoms with Crippen LogP contribution in [0.25, 0.3) is 22.6 Å². The Bertz CT molecular complexity index is 966. The van der Waals surface area contributed by atoms with Gasteiger partial charge in [0.05, 0.1) is 13.7 Å². The highest BCUT2D eigenvalue weighted by atomic mass is 16.5. The largest absolute Gasteiger partial charge is 0.497 e. The molecule has 1 heterocycles. The number of amides is 2. The number of urea groups is 1. The first-order valence-corrected chi connectivity index (χ1v) is 9.54. The number of nitrogens with one attached hydrogen (secondary N) is 1. The van der Waals surface area contributed by atoms with Gasteiger partial charge in [-0.15, -0.1) is 0 Å². The molecule has 0 spiro atoms. The van der Waals surface area contributed by atoms with Gasteiger partial charge in [-0.2, -0.15) is 0 Å². The van der Waals surface area contributed by atoms with E-state index in [0.717, 1.165) is 22.6 Å². The van der Waals surface area contributed by atoms with Gasteiger partial charge in [-0.3, -0.25) is 0 Å². The van der Waals surface area contributed by atoms with Gasteiger partial charge in [0.1, 0.15) is 23.8 Å². The van der Waals surface area contributed by atoms with Crippen LogP contribution in [0.1, 0.15) is 5.89 Å². The van der Waals surface area contributed by atoms with Crippen LogP contribution in [0, 0.1) is 0 Å².